The first-order chi connectivity index (χ1) is 10.3. The highest BCUT2D eigenvalue weighted by atomic mass is 32.1. The van der Waals surface area contributed by atoms with Gasteiger partial charge >= 0.3 is 0 Å². The van der Waals surface area contributed by atoms with E-state index in [0.29, 0.717) is 0 Å². The van der Waals surface area contributed by atoms with Crippen molar-refractivity contribution in [3.63, 3.8) is 0 Å². The van der Waals surface area contributed by atoms with E-state index in [1.165, 1.54) is 11.3 Å². The van der Waals surface area contributed by atoms with Crippen LogP contribution in [-0.4, -0.2) is 27.0 Å². The lowest BCUT2D eigenvalue weighted by Crippen LogP contribution is -2.32. The number of fused-ring (bicyclic) bond motifs is 1. The monoisotopic (exact) mass is 301 g/mol. The average Bonchev–Trinajstić information content (AvgIpc) is 3.06. The summed E-state index contributed by atoms with van der Waals surface area (Å²) in [5, 5.41) is 14.2. The van der Waals surface area contributed by atoms with Gasteiger partial charge in [-0.2, -0.15) is 0 Å². The molecule has 1 aromatic carbocycles. The molecule has 2 aromatic heterocycles. The summed E-state index contributed by atoms with van der Waals surface area (Å²) in [7, 11) is 0. The van der Waals surface area contributed by atoms with Crippen LogP contribution in [0.1, 0.15) is 17.3 Å². The molecule has 108 valence electrons. The largest absolute Gasteiger partial charge is 0.394 e. The second kappa shape index (κ2) is 6.07. The highest BCUT2D eigenvalue weighted by molar-refractivity contribution is 7.15. The summed E-state index contributed by atoms with van der Waals surface area (Å²) in [4.78, 5) is 17.3. The van der Waals surface area contributed by atoms with Crippen LogP contribution in [0.4, 0.5) is 0 Å². The topological polar surface area (TPSA) is 66.6 Å². The van der Waals surface area contributed by atoms with Gasteiger partial charge in [0.1, 0.15) is 0 Å². The van der Waals surface area contributed by atoms with E-state index in [0.717, 1.165) is 16.2 Å². The third-order valence-corrected chi connectivity index (χ3v) is 3.98. The number of aromatic nitrogens is 2. The molecule has 5 nitrogen and oxygen atoms in total. The van der Waals surface area contributed by atoms with Crippen LogP contribution in [0.2, 0.25) is 0 Å². The van der Waals surface area contributed by atoms with Crippen LogP contribution >= 0.6 is 11.3 Å². The van der Waals surface area contributed by atoms with Crippen molar-refractivity contribution in [2.45, 2.75) is 12.5 Å². The van der Waals surface area contributed by atoms with Gasteiger partial charge in [-0.25, -0.2) is 4.98 Å². The summed E-state index contributed by atoms with van der Waals surface area (Å²) in [6, 6.07) is 9.04. The molecule has 0 aliphatic heterocycles. The molecule has 0 fully saturated rings. The van der Waals surface area contributed by atoms with Crippen molar-refractivity contribution >= 4 is 22.2 Å². The Labute approximate surface area is 125 Å². The number of amides is 1. The highest BCUT2D eigenvalue weighted by Gasteiger charge is 2.15. The third kappa shape index (κ3) is 3.12. The van der Waals surface area contributed by atoms with Crippen LogP contribution in [0.15, 0.2) is 48.1 Å². The van der Waals surface area contributed by atoms with Gasteiger partial charge in [0.15, 0.2) is 4.96 Å². The Morgan fingerprint density at radius 1 is 1.38 bits per heavy atom. The molecule has 2 N–H and O–H groups in total. The van der Waals surface area contributed by atoms with Gasteiger partial charge in [0.05, 0.1) is 24.8 Å². The maximum atomic E-state index is 12.1. The molecule has 2 heterocycles. The molecular weight excluding hydrogens is 286 g/mol. The number of carbonyl (C=O) groups is 1. The van der Waals surface area contributed by atoms with E-state index < -0.39 is 0 Å². The van der Waals surface area contributed by atoms with Crippen LogP contribution in [-0.2, 0) is 11.2 Å². The number of benzene rings is 1. The molecule has 1 unspecified atom stereocenters. The molecule has 3 aromatic rings. The Kier molecular flexibility index (Phi) is 3.98. The van der Waals surface area contributed by atoms with E-state index in [1.807, 2.05) is 52.5 Å². The zero-order valence-electron chi connectivity index (χ0n) is 11.3. The van der Waals surface area contributed by atoms with Crippen LogP contribution in [0, 0.1) is 0 Å². The molecule has 0 aliphatic rings. The number of hydrogen-bond donors (Lipinski definition) is 2. The fourth-order valence-electron chi connectivity index (χ4n) is 2.19. The first-order valence-corrected chi connectivity index (χ1v) is 7.50. The minimum Gasteiger partial charge on any atom is -0.394 e. The van der Waals surface area contributed by atoms with Crippen molar-refractivity contribution in [2.75, 3.05) is 6.61 Å². The molecular formula is C15H15N3O2S. The van der Waals surface area contributed by atoms with Gasteiger partial charge < -0.3 is 10.4 Å². The number of aliphatic hydroxyl groups excluding tert-OH is 1. The number of hydrogen-bond acceptors (Lipinski definition) is 4. The van der Waals surface area contributed by atoms with E-state index in [1.54, 1.807) is 0 Å². The zero-order valence-corrected chi connectivity index (χ0v) is 12.1. The SMILES string of the molecule is O=C(Cc1cn2ccsc2n1)NC(CO)c1ccccc1. The van der Waals surface area contributed by atoms with Crippen LogP contribution in [0.3, 0.4) is 0 Å². The summed E-state index contributed by atoms with van der Waals surface area (Å²) in [6.07, 6.45) is 3.97. The first kappa shape index (κ1) is 13.8. The molecule has 0 bridgehead atoms. The molecule has 6 heteroatoms. The Hall–Kier alpha value is -2.18. The summed E-state index contributed by atoms with van der Waals surface area (Å²) < 4.78 is 1.90. The van der Waals surface area contributed by atoms with Crippen molar-refractivity contribution in [3.8, 4) is 0 Å². The first-order valence-electron chi connectivity index (χ1n) is 6.62. The zero-order chi connectivity index (χ0) is 14.7. The smallest absolute Gasteiger partial charge is 0.226 e. The molecule has 1 atom stereocenters. The van der Waals surface area contributed by atoms with Crippen LogP contribution in [0.25, 0.3) is 4.96 Å². The van der Waals surface area contributed by atoms with Gasteiger partial charge in [0.25, 0.3) is 0 Å². The molecule has 21 heavy (non-hydrogen) atoms. The average molecular weight is 301 g/mol. The quantitative estimate of drug-likeness (QED) is 0.755. The highest BCUT2D eigenvalue weighted by Crippen LogP contribution is 2.14. The molecule has 0 saturated carbocycles. The van der Waals surface area contributed by atoms with E-state index in [4.69, 9.17) is 0 Å². The Morgan fingerprint density at radius 2 is 2.19 bits per heavy atom. The molecule has 0 radical (unpaired) electrons. The van der Waals surface area contributed by atoms with Crippen molar-refractivity contribution < 1.29 is 9.90 Å². The summed E-state index contributed by atoms with van der Waals surface area (Å²) in [5.74, 6) is -0.149. The number of imidazole rings is 1. The fraction of sp³-hybridized carbons (Fsp3) is 0.200. The molecule has 0 spiro atoms. The standard InChI is InChI=1S/C15H15N3O2S/c19-10-13(11-4-2-1-3-5-11)17-14(20)8-12-9-18-6-7-21-15(18)16-12/h1-7,9,13,19H,8,10H2,(H,17,20). The maximum Gasteiger partial charge on any atom is 0.226 e. The van der Waals surface area contributed by atoms with Gasteiger partial charge in [-0.05, 0) is 5.56 Å². The molecule has 0 saturated heterocycles. The third-order valence-electron chi connectivity index (χ3n) is 3.20. The fourth-order valence-corrected chi connectivity index (χ4v) is 2.91. The van der Waals surface area contributed by atoms with Gasteiger partial charge in [-0.3, -0.25) is 9.20 Å². The Balaban J connectivity index is 1.66. The predicted octanol–water partition coefficient (Wildman–Crippen LogP) is 1.79. The number of rotatable bonds is 5. The van der Waals surface area contributed by atoms with E-state index in [-0.39, 0.29) is 25.0 Å². The van der Waals surface area contributed by atoms with Crippen molar-refractivity contribution in [1.82, 2.24) is 14.7 Å². The van der Waals surface area contributed by atoms with Crippen molar-refractivity contribution in [2.24, 2.45) is 0 Å². The second-order valence-electron chi connectivity index (χ2n) is 4.72. The molecule has 3 rings (SSSR count). The van der Waals surface area contributed by atoms with Gasteiger partial charge in [0.2, 0.25) is 5.91 Å². The number of carbonyl (C=O) groups excluding carboxylic acids is 1. The lowest BCUT2D eigenvalue weighted by molar-refractivity contribution is -0.121. The molecule has 0 aliphatic carbocycles. The Bertz CT molecular complexity index is 707. The van der Waals surface area contributed by atoms with Crippen LogP contribution < -0.4 is 5.32 Å². The summed E-state index contributed by atoms with van der Waals surface area (Å²) in [5.41, 5.74) is 1.61. The van der Waals surface area contributed by atoms with Crippen molar-refractivity contribution in [3.05, 3.63) is 59.4 Å². The van der Waals surface area contributed by atoms with Crippen molar-refractivity contribution in [1.29, 1.82) is 0 Å². The predicted molar refractivity (Wildman–Crippen MR) is 81.2 cm³/mol. The number of nitrogens with one attached hydrogen (secondary N) is 1. The van der Waals surface area contributed by atoms with E-state index in [9.17, 15) is 9.90 Å². The minimum atomic E-state index is -0.387. The summed E-state index contributed by atoms with van der Waals surface area (Å²) >= 11 is 1.53. The number of thiazole rings is 1. The minimum absolute atomic E-state index is 0.131. The Morgan fingerprint density at radius 3 is 2.90 bits per heavy atom. The maximum absolute atomic E-state index is 12.1. The summed E-state index contributed by atoms with van der Waals surface area (Å²) in [6.45, 7) is -0.131. The van der Waals surface area contributed by atoms with E-state index in [2.05, 4.69) is 10.3 Å². The van der Waals surface area contributed by atoms with E-state index >= 15 is 0 Å². The second-order valence-corrected chi connectivity index (χ2v) is 5.59. The van der Waals surface area contributed by atoms with Gasteiger partial charge in [-0.15, -0.1) is 11.3 Å². The number of nitrogens with zero attached hydrogens (tertiary/aromatic N) is 2. The van der Waals surface area contributed by atoms with Gasteiger partial charge in [-0.1, -0.05) is 30.3 Å². The van der Waals surface area contributed by atoms with Crippen LogP contribution in [0.5, 0.6) is 0 Å². The normalized spacial score (nSPS) is 12.4. The van der Waals surface area contributed by atoms with Gasteiger partial charge in [0, 0.05) is 17.8 Å². The lowest BCUT2D eigenvalue weighted by atomic mass is 10.1. The number of aliphatic hydroxyl groups is 1. The lowest BCUT2D eigenvalue weighted by Gasteiger charge is -2.16. The molecule has 1 amide bonds.